The summed E-state index contributed by atoms with van der Waals surface area (Å²) in [6.45, 7) is 4.02. The first kappa shape index (κ1) is 14.4. The lowest BCUT2D eigenvalue weighted by atomic mass is 10.1. The van der Waals surface area contributed by atoms with Gasteiger partial charge >= 0.3 is 11.9 Å². The van der Waals surface area contributed by atoms with Crippen LogP contribution in [0.5, 0.6) is 0 Å². The van der Waals surface area contributed by atoms with Crippen LogP contribution >= 0.6 is 0 Å². The first-order valence-electron chi connectivity index (χ1n) is 4.85. The fourth-order valence-corrected chi connectivity index (χ4v) is 1.10. The minimum absolute atomic E-state index is 0.0780. The van der Waals surface area contributed by atoms with E-state index in [2.05, 4.69) is 6.58 Å². The molecule has 0 saturated carbocycles. The molecule has 90 valence electrons. The molecule has 2 N–H and O–H groups in total. The molecule has 5 nitrogen and oxygen atoms in total. The summed E-state index contributed by atoms with van der Waals surface area (Å²) in [6, 6.07) is 0. The third-order valence-electron chi connectivity index (χ3n) is 1.95. The van der Waals surface area contributed by atoms with Gasteiger partial charge in [-0.2, -0.15) is 0 Å². The van der Waals surface area contributed by atoms with Gasteiger partial charge in [0.15, 0.2) is 0 Å². The summed E-state index contributed by atoms with van der Waals surface area (Å²) in [5.41, 5.74) is -0.128. The van der Waals surface area contributed by atoms with Crippen molar-refractivity contribution in [1.82, 2.24) is 4.90 Å². The van der Waals surface area contributed by atoms with Crippen LogP contribution in [0.1, 0.15) is 12.8 Å². The van der Waals surface area contributed by atoms with Crippen molar-refractivity contribution in [3.05, 3.63) is 23.8 Å². The molecule has 0 aromatic heterocycles. The summed E-state index contributed by atoms with van der Waals surface area (Å²) < 4.78 is 0. The second-order valence-electron chi connectivity index (χ2n) is 3.71. The number of hydrogen-bond donors (Lipinski definition) is 2. The van der Waals surface area contributed by atoms with E-state index < -0.39 is 11.9 Å². The molecule has 0 aliphatic heterocycles. The first-order chi connectivity index (χ1) is 7.34. The number of carboxylic acid groups (broad SMARTS) is 2. The van der Waals surface area contributed by atoms with E-state index in [1.165, 1.54) is 0 Å². The third-order valence-corrected chi connectivity index (χ3v) is 1.95. The number of carboxylic acids is 2. The van der Waals surface area contributed by atoms with Crippen LogP contribution in [-0.2, 0) is 9.59 Å². The number of carbonyl (C=O) groups is 2. The number of rotatable bonds is 7. The van der Waals surface area contributed by atoms with Gasteiger partial charge in [0.05, 0.1) is 5.57 Å². The molecule has 0 unspecified atom stereocenters. The number of nitrogens with zero attached hydrogens (tertiary/aromatic N) is 1. The van der Waals surface area contributed by atoms with Gasteiger partial charge < -0.3 is 15.1 Å². The highest BCUT2D eigenvalue weighted by Gasteiger charge is 2.10. The molecule has 0 atom stereocenters. The Hall–Kier alpha value is -1.62. The summed E-state index contributed by atoms with van der Waals surface area (Å²) in [5.74, 6) is -2.30. The predicted octanol–water partition coefficient (Wildman–Crippen LogP) is 0.980. The first-order valence-corrected chi connectivity index (χ1v) is 4.85. The van der Waals surface area contributed by atoms with Crippen LogP contribution < -0.4 is 0 Å². The highest BCUT2D eigenvalue weighted by atomic mass is 16.4. The van der Waals surface area contributed by atoms with Crippen LogP contribution in [0.2, 0.25) is 0 Å². The van der Waals surface area contributed by atoms with E-state index in [1.807, 2.05) is 19.0 Å². The van der Waals surface area contributed by atoms with E-state index >= 15 is 0 Å². The van der Waals surface area contributed by atoms with Crippen LogP contribution in [0.3, 0.4) is 0 Å². The van der Waals surface area contributed by atoms with Crippen LogP contribution in [0.25, 0.3) is 0 Å². The molecule has 5 heteroatoms. The lowest BCUT2D eigenvalue weighted by Gasteiger charge is -2.09. The van der Waals surface area contributed by atoms with Gasteiger partial charge in [0.2, 0.25) is 0 Å². The fourth-order valence-electron chi connectivity index (χ4n) is 1.10. The topological polar surface area (TPSA) is 77.8 Å². The summed E-state index contributed by atoms with van der Waals surface area (Å²) in [6.07, 6.45) is 2.11. The second kappa shape index (κ2) is 6.79. The Morgan fingerprint density at radius 2 is 1.81 bits per heavy atom. The maximum Gasteiger partial charge on any atom is 0.335 e. The van der Waals surface area contributed by atoms with E-state index in [4.69, 9.17) is 10.2 Å². The van der Waals surface area contributed by atoms with Crippen molar-refractivity contribution < 1.29 is 19.8 Å². The molecular formula is C11H17NO4. The largest absolute Gasteiger partial charge is 0.478 e. The summed E-state index contributed by atoms with van der Waals surface area (Å²) in [7, 11) is 3.78. The molecule has 0 spiro atoms. The Bertz CT molecular complexity index is 318. The van der Waals surface area contributed by atoms with E-state index in [-0.39, 0.29) is 11.1 Å². The van der Waals surface area contributed by atoms with Crippen LogP contribution in [0.15, 0.2) is 23.8 Å². The van der Waals surface area contributed by atoms with E-state index in [9.17, 15) is 9.59 Å². The summed E-state index contributed by atoms with van der Waals surface area (Å²) in [5, 5.41) is 17.4. The average Bonchev–Trinajstić information content (AvgIpc) is 2.14. The van der Waals surface area contributed by atoms with E-state index in [1.54, 1.807) is 0 Å². The molecule has 0 saturated heterocycles. The summed E-state index contributed by atoms with van der Waals surface area (Å²) in [4.78, 5) is 23.2. The van der Waals surface area contributed by atoms with Crippen LogP contribution in [-0.4, -0.2) is 47.7 Å². The van der Waals surface area contributed by atoms with Gasteiger partial charge in [0.25, 0.3) is 0 Å². The molecule has 0 radical (unpaired) electrons. The zero-order valence-electron chi connectivity index (χ0n) is 9.56. The van der Waals surface area contributed by atoms with Gasteiger partial charge in [0.1, 0.15) is 0 Å². The van der Waals surface area contributed by atoms with Gasteiger partial charge in [-0.25, -0.2) is 9.59 Å². The molecule has 0 aliphatic rings. The van der Waals surface area contributed by atoms with Crippen LogP contribution in [0, 0.1) is 0 Å². The van der Waals surface area contributed by atoms with Gasteiger partial charge in [-0.15, -0.1) is 0 Å². The minimum atomic E-state index is -1.20. The van der Waals surface area contributed by atoms with Crippen molar-refractivity contribution in [2.75, 3.05) is 20.6 Å². The second-order valence-corrected chi connectivity index (χ2v) is 3.71. The number of aliphatic carboxylic acids is 2. The molecule has 0 heterocycles. The smallest absolute Gasteiger partial charge is 0.335 e. The minimum Gasteiger partial charge on any atom is -0.478 e. The SMILES string of the molecule is C=C(C=C(CCCN(C)C)C(=O)O)C(=O)O. The van der Waals surface area contributed by atoms with Gasteiger partial charge in [0, 0.05) is 5.57 Å². The quantitative estimate of drug-likeness (QED) is 0.500. The Labute approximate surface area is 94.7 Å². The number of hydrogen-bond acceptors (Lipinski definition) is 3. The fraction of sp³-hybridized carbons (Fsp3) is 0.455. The lowest BCUT2D eigenvalue weighted by molar-refractivity contribution is -0.133. The maximum absolute atomic E-state index is 10.8. The van der Waals surface area contributed by atoms with E-state index in [0.29, 0.717) is 12.8 Å². The standard InChI is InChI=1S/C11H17NO4/c1-8(10(13)14)7-9(11(15)16)5-4-6-12(2)3/h7H,1,4-6H2,2-3H3,(H,13,14)(H,15,16). The molecular weight excluding hydrogens is 210 g/mol. The molecule has 0 fully saturated rings. The molecule has 0 amide bonds. The van der Waals surface area contributed by atoms with Gasteiger partial charge in [-0.1, -0.05) is 6.58 Å². The van der Waals surface area contributed by atoms with Crippen molar-refractivity contribution in [2.45, 2.75) is 12.8 Å². The Morgan fingerprint density at radius 3 is 2.19 bits per heavy atom. The normalized spacial score (nSPS) is 11.6. The zero-order chi connectivity index (χ0) is 12.7. The lowest BCUT2D eigenvalue weighted by Crippen LogP contribution is -2.14. The van der Waals surface area contributed by atoms with Gasteiger partial charge in [-0.05, 0) is 39.6 Å². The monoisotopic (exact) mass is 227 g/mol. The Kier molecular flexibility index (Phi) is 6.10. The van der Waals surface area contributed by atoms with Crippen molar-refractivity contribution in [2.24, 2.45) is 0 Å². The Balaban J connectivity index is 4.45. The van der Waals surface area contributed by atoms with Gasteiger partial charge in [-0.3, -0.25) is 0 Å². The molecule has 16 heavy (non-hydrogen) atoms. The third kappa shape index (κ3) is 5.98. The zero-order valence-corrected chi connectivity index (χ0v) is 9.56. The molecule has 0 bridgehead atoms. The molecule has 0 aromatic carbocycles. The van der Waals surface area contributed by atoms with Crippen molar-refractivity contribution in [3.8, 4) is 0 Å². The highest BCUT2D eigenvalue weighted by molar-refractivity contribution is 5.94. The van der Waals surface area contributed by atoms with Crippen LogP contribution in [0.4, 0.5) is 0 Å². The maximum atomic E-state index is 10.8. The van der Waals surface area contributed by atoms with Crippen molar-refractivity contribution in [3.63, 3.8) is 0 Å². The Morgan fingerprint density at radius 1 is 1.25 bits per heavy atom. The van der Waals surface area contributed by atoms with Crippen molar-refractivity contribution >= 4 is 11.9 Å². The van der Waals surface area contributed by atoms with E-state index in [0.717, 1.165) is 12.6 Å². The predicted molar refractivity (Wildman–Crippen MR) is 60.3 cm³/mol. The van der Waals surface area contributed by atoms with Crippen molar-refractivity contribution in [1.29, 1.82) is 0 Å². The average molecular weight is 227 g/mol. The molecule has 0 rings (SSSR count). The highest BCUT2D eigenvalue weighted by Crippen LogP contribution is 2.09. The molecule has 0 aromatic rings. The summed E-state index contributed by atoms with van der Waals surface area (Å²) >= 11 is 0. The molecule has 0 aliphatic carbocycles.